The van der Waals surface area contributed by atoms with E-state index in [1.54, 1.807) is 30.3 Å². The summed E-state index contributed by atoms with van der Waals surface area (Å²) in [5, 5.41) is 1.57. The van der Waals surface area contributed by atoms with E-state index in [0.29, 0.717) is 20.1 Å². The predicted octanol–water partition coefficient (Wildman–Crippen LogP) is 4.79. The van der Waals surface area contributed by atoms with Crippen molar-refractivity contribution in [1.82, 2.24) is 4.72 Å². The van der Waals surface area contributed by atoms with Gasteiger partial charge in [-0.2, -0.15) is 0 Å². The first-order valence-corrected chi connectivity index (χ1v) is 9.74. The van der Waals surface area contributed by atoms with Gasteiger partial charge in [-0.1, -0.05) is 35.3 Å². The molecule has 1 N–H and O–H groups in total. The smallest absolute Gasteiger partial charge is 0.266 e. The number of benzene rings is 2. The molecule has 0 aliphatic carbocycles. The zero-order valence-electron chi connectivity index (χ0n) is 12.4. The lowest BCUT2D eigenvalue weighted by molar-refractivity contribution is 0.0981. The SMILES string of the molecule is Cc1ccc(C(=O)NS(=O)(=O)/C=C/c2ccc(Cl)c(Cl)c2)c(Br)c1. The third-order valence-electron chi connectivity index (χ3n) is 2.99. The van der Waals surface area contributed by atoms with Gasteiger partial charge in [0.15, 0.2) is 0 Å². The van der Waals surface area contributed by atoms with Crippen molar-refractivity contribution in [2.75, 3.05) is 0 Å². The van der Waals surface area contributed by atoms with E-state index in [-0.39, 0.29) is 5.56 Å². The Balaban J connectivity index is 2.16. The molecule has 0 radical (unpaired) electrons. The van der Waals surface area contributed by atoms with Gasteiger partial charge in [0.2, 0.25) is 0 Å². The highest BCUT2D eigenvalue weighted by Crippen LogP contribution is 2.23. The summed E-state index contributed by atoms with van der Waals surface area (Å²) in [5.41, 5.74) is 1.71. The van der Waals surface area contributed by atoms with Crippen molar-refractivity contribution in [2.45, 2.75) is 6.92 Å². The lowest BCUT2D eigenvalue weighted by atomic mass is 10.1. The molecule has 0 fully saturated rings. The van der Waals surface area contributed by atoms with Gasteiger partial charge >= 0.3 is 0 Å². The van der Waals surface area contributed by atoms with Crippen LogP contribution >= 0.6 is 39.1 Å². The molecule has 24 heavy (non-hydrogen) atoms. The number of aryl methyl sites for hydroxylation is 1. The summed E-state index contributed by atoms with van der Waals surface area (Å²) in [5.74, 6) is -0.722. The van der Waals surface area contributed by atoms with Gasteiger partial charge in [-0.25, -0.2) is 13.1 Å². The van der Waals surface area contributed by atoms with E-state index in [1.165, 1.54) is 12.1 Å². The maximum atomic E-state index is 12.1. The number of carbonyl (C=O) groups is 1. The summed E-state index contributed by atoms with van der Waals surface area (Å²) < 4.78 is 26.6. The number of carbonyl (C=O) groups excluding carboxylic acids is 1. The first kappa shape index (κ1) is 19.0. The van der Waals surface area contributed by atoms with Crippen molar-refractivity contribution >= 4 is 61.1 Å². The fourth-order valence-corrected chi connectivity index (χ4v) is 3.56. The third kappa shape index (κ3) is 5.08. The molecule has 126 valence electrons. The molecule has 0 unspecified atom stereocenters. The number of hydrogen-bond donors (Lipinski definition) is 1. The molecule has 0 aliphatic heterocycles. The number of sulfonamides is 1. The van der Waals surface area contributed by atoms with Crippen LogP contribution in [0.5, 0.6) is 0 Å². The molecule has 0 saturated heterocycles. The van der Waals surface area contributed by atoms with Gasteiger partial charge in [0.1, 0.15) is 0 Å². The van der Waals surface area contributed by atoms with Crippen LogP contribution in [0, 0.1) is 6.92 Å². The maximum Gasteiger partial charge on any atom is 0.266 e. The molecule has 2 rings (SSSR count). The summed E-state index contributed by atoms with van der Waals surface area (Å²) in [6, 6.07) is 9.68. The van der Waals surface area contributed by atoms with Crippen LogP contribution in [-0.4, -0.2) is 14.3 Å². The molecule has 0 saturated carbocycles. The van der Waals surface area contributed by atoms with Crippen molar-refractivity contribution in [2.24, 2.45) is 0 Å². The summed E-state index contributed by atoms with van der Waals surface area (Å²) >= 11 is 14.9. The topological polar surface area (TPSA) is 63.2 Å². The second-order valence-electron chi connectivity index (χ2n) is 4.94. The van der Waals surface area contributed by atoms with Crippen LogP contribution in [0.1, 0.15) is 21.5 Å². The largest absolute Gasteiger partial charge is 0.268 e. The highest BCUT2D eigenvalue weighted by atomic mass is 79.9. The molecule has 2 aromatic carbocycles. The van der Waals surface area contributed by atoms with Gasteiger partial charge in [-0.05, 0) is 64.3 Å². The fraction of sp³-hybridized carbons (Fsp3) is 0.0625. The standard InChI is InChI=1S/C16H12BrCl2NO3S/c1-10-2-4-12(13(17)8-10)16(21)20-24(22,23)7-6-11-3-5-14(18)15(19)9-11/h2-9H,1H3,(H,20,21)/b7-6+. The summed E-state index contributed by atoms with van der Waals surface area (Å²) in [6.07, 6.45) is 1.32. The number of rotatable bonds is 4. The molecule has 0 atom stereocenters. The molecule has 8 heteroatoms. The van der Waals surface area contributed by atoms with Crippen LogP contribution in [0.15, 0.2) is 46.3 Å². The predicted molar refractivity (Wildman–Crippen MR) is 101 cm³/mol. The molecule has 0 spiro atoms. The van der Waals surface area contributed by atoms with Crippen molar-refractivity contribution in [3.05, 3.63) is 73.0 Å². The Morgan fingerprint density at radius 3 is 2.46 bits per heavy atom. The minimum atomic E-state index is -3.95. The summed E-state index contributed by atoms with van der Waals surface area (Å²) in [4.78, 5) is 12.1. The van der Waals surface area contributed by atoms with Crippen molar-refractivity contribution in [3.8, 4) is 0 Å². The number of hydrogen-bond acceptors (Lipinski definition) is 3. The average molecular weight is 449 g/mol. The quantitative estimate of drug-likeness (QED) is 0.730. The number of halogens is 3. The highest BCUT2D eigenvalue weighted by Gasteiger charge is 2.15. The Hall–Kier alpha value is -1.34. The summed E-state index contributed by atoms with van der Waals surface area (Å²) in [6.45, 7) is 1.86. The molecule has 1 amide bonds. The molecular weight excluding hydrogens is 437 g/mol. The zero-order valence-corrected chi connectivity index (χ0v) is 16.3. The van der Waals surface area contributed by atoms with Crippen LogP contribution in [0.4, 0.5) is 0 Å². The van der Waals surface area contributed by atoms with Crippen LogP contribution < -0.4 is 4.72 Å². The van der Waals surface area contributed by atoms with E-state index in [0.717, 1.165) is 11.0 Å². The minimum Gasteiger partial charge on any atom is -0.268 e. The van der Waals surface area contributed by atoms with Crippen molar-refractivity contribution in [1.29, 1.82) is 0 Å². The van der Waals surface area contributed by atoms with Gasteiger partial charge in [-0.15, -0.1) is 0 Å². The van der Waals surface area contributed by atoms with E-state index in [4.69, 9.17) is 23.2 Å². The van der Waals surface area contributed by atoms with Crippen LogP contribution in [0.25, 0.3) is 6.08 Å². The Morgan fingerprint density at radius 2 is 1.83 bits per heavy atom. The Kier molecular flexibility index (Phi) is 6.09. The van der Waals surface area contributed by atoms with E-state index < -0.39 is 15.9 Å². The van der Waals surface area contributed by atoms with Crippen molar-refractivity contribution in [3.63, 3.8) is 0 Å². The van der Waals surface area contributed by atoms with E-state index in [1.807, 2.05) is 11.6 Å². The van der Waals surface area contributed by atoms with Gasteiger partial charge in [0, 0.05) is 4.47 Å². The van der Waals surface area contributed by atoms with Gasteiger partial charge in [0.05, 0.1) is 21.0 Å². The highest BCUT2D eigenvalue weighted by molar-refractivity contribution is 9.10. The van der Waals surface area contributed by atoms with Gasteiger partial charge in [-0.3, -0.25) is 4.79 Å². The molecule has 0 bridgehead atoms. The molecule has 0 heterocycles. The zero-order chi connectivity index (χ0) is 17.9. The lowest BCUT2D eigenvalue weighted by Crippen LogP contribution is -2.29. The minimum absolute atomic E-state index is 0.229. The average Bonchev–Trinajstić information content (AvgIpc) is 2.48. The molecule has 0 aliphatic rings. The second-order valence-corrected chi connectivity index (χ2v) is 8.17. The monoisotopic (exact) mass is 447 g/mol. The number of nitrogens with one attached hydrogen (secondary N) is 1. The summed E-state index contributed by atoms with van der Waals surface area (Å²) in [7, 11) is -3.95. The lowest BCUT2D eigenvalue weighted by Gasteiger charge is -2.06. The van der Waals surface area contributed by atoms with Crippen LogP contribution in [0.2, 0.25) is 10.0 Å². The fourth-order valence-electron chi connectivity index (χ4n) is 1.81. The van der Waals surface area contributed by atoms with Gasteiger partial charge < -0.3 is 0 Å². The van der Waals surface area contributed by atoms with E-state index in [9.17, 15) is 13.2 Å². The second kappa shape index (κ2) is 7.70. The van der Waals surface area contributed by atoms with Crippen LogP contribution in [-0.2, 0) is 10.0 Å². The normalized spacial score (nSPS) is 11.7. The first-order chi connectivity index (χ1) is 11.2. The first-order valence-electron chi connectivity index (χ1n) is 6.64. The van der Waals surface area contributed by atoms with E-state index in [2.05, 4.69) is 15.9 Å². The molecular formula is C16H12BrCl2NO3S. The third-order valence-corrected chi connectivity index (χ3v) is 5.35. The van der Waals surface area contributed by atoms with Gasteiger partial charge in [0.25, 0.3) is 15.9 Å². The number of amides is 1. The Labute approximate surface area is 158 Å². The molecule has 2 aromatic rings. The molecule has 4 nitrogen and oxygen atoms in total. The van der Waals surface area contributed by atoms with E-state index >= 15 is 0 Å². The maximum absolute atomic E-state index is 12.1. The van der Waals surface area contributed by atoms with Crippen molar-refractivity contribution < 1.29 is 13.2 Å². The Morgan fingerprint density at radius 1 is 1.12 bits per heavy atom. The Bertz CT molecular complexity index is 927. The molecule has 0 aromatic heterocycles. The van der Waals surface area contributed by atoms with Crippen LogP contribution in [0.3, 0.4) is 0 Å².